The summed E-state index contributed by atoms with van der Waals surface area (Å²) in [6.07, 6.45) is 2.25. The van der Waals surface area contributed by atoms with Gasteiger partial charge in [0.15, 0.2) is 0 Å². The van der Waals surface area contributed by atoms with Crippen molar-refractivity contribution in [3.63, 3.8) is 0 Å². The van der Waals surface area contributed by atoms with Gasteiger partial charge in [-0.25, -0.2) is 8.78 Å². The van der Waals surface area contributed by atoms with Gasteiger partial charge in [0.2, 0.25) is 0 Å². The van der Waals surface area contributed by atoms with Crippen LogP contribution in [0.4, 0.5) is 8.78 Å². The molecule has 1 saturated carbocycles. The number of Topliss-reactive ketones (excluding diaryl/α,β-unsaturated/α-hetero) is 1. The molecule has 1 aliphatic rings. The van der Waals surface area contributed by atoms with Crippen LogP contribution in [0.15, 0.2) is 23.1 Å². The first-order valence-corrected chi connectivity index (χ1v) is 5.69. The van der Waals surface area contributed by atoms with Crippen LogP contribution in [0, 0.1) is 11.6 Å². The summed E-state index contributed by atoms with van der Waals surface area (Å²) in [5.41, 5.74) is 0. The van der Waals surface area contributed by atoms with Crippen molar-refractivity contribution in [3.8, 4) is 0 Å². The predicted octanol–water partition coefficient (Wildman–Crippen LogP) is 3.18. The van der Waals surface area contributed by atoms with Crippen LogP contribution in [0.25, 0.3) is 0 Å². The summed E-state index contributed by atoms with van der Waals surface area (Å²) in [6, 6.07) is 3.45. The summed E-state index contributed by atoms with van der Waals surface area (Å²) in [6.45, 7) is 0. The molecule has 0 aliphatic heterocycles. The maximum atomic E-state index is 13.3. The second-order valence-corrected chi connectivity index (χ2v) is 4.78. The first-order valence-electron chi connectivity index (χ1n) is 4.81. The van der Waals surface area contributed by atoms with Crippen LogP contribution in [0.1, 0.15) is 19.3 Å². The molecule has 1 unspecified atom stereocenters. The molecule has 1 aliphatic carbocycles. The lowest BCUT2D eigenvalue weighted by Gasteiger charge is -2.08. The van der Waals surface area contributed by atoms with Gasteiger partial charge in [-0.2, -0.15) is 0 Å². The molecule has 1 atom stereocenters. The molecule has 2 rings (SSSR count). The molecular weight excluding hydrogens is 218 g/mol. The Morgan fingerprint density at radius 3 is 2.73 bits per heavy atom. The molecule has 1 aromatic carbocycles. The van der Waals surface area contributed by atoms with Crippen molar-refractivity contribution in [2.24, 2.45) is 0 Å². The maximum absolute atomic E-state index is 13.3. The largest absolute Gasteiger partial charge is 0.298 e. The number of halogens is 2. The van der Waals surface area contributed by atoms with Gasteiger partial charge in [-0.3, -0.25) is 4.79 Å². The molecule has 15 heavy (non-hydrogen) atoms. The van der Waals surface area contributed by atoms with Gasteiger partial charge in [-0.15, -0.1) is 11.8 Å². The van der Waals surface area contributed by atoms with Gasteiger partial charge >= 0.3 is 0 Å². The van der Waals surface area contributed by atoms with Crippen molar-refractivity contribution in [3.05, 3.63) is 29.8 Å². The van der Waals surface area contributed by atoms with Gasteiger partial charge in [0, 0.05) is 17.4 Å². The van der Waals surface area contributed by atoms with E-state index in [0.717, 1.165) is 18.9 Å². The van der Waals surface area contributed by atoms with Gasteiger partial charge in [0.05, 0.1) is 5.25 Å². The van der Waals surface area contributed by atoms with Crippen molar-refractivity contribution in [2.45, 2.75) is 29.4 Å². The van der Waals surface area contributed by atoms with Crippen molar-refractivity contribution < 1.29 is 13.6 Å². The van der Waals surface area contributed by atoms with Gasteiger partial charge in [0.1, 0.15) is 17.4 Å². The Bertz CT molecular complexity index is 392. The molecule has 0 radical (unpaired) electrons. The third-order valence-corrected chi connectivity index (χ3v) is 3.78. The molecule has 1 fully saturated rings. The fourth-order valence-electron chi connectivity index (χ4n) is 1.63. The highest BCUT2D eigenvalue weighted by molar-refractivity contribution is 8.00. The summed E-state index contributed by atoms with van der Waals surface area (Å²) in [7, 11) is 0. The number of carbonyl (C=O) groups excluding carboxylic acids is 1. The molecule has 1 nitrogen and oxygen atoms in total. The van der Waals surface area contributed by atoms with E-state index in [4.69, 9.17) is 0 Å². The van der Waals surface area contributed by atoms with Crippen molar-refractivity contribution in [1.29, 1.82) is 0 Å². The highest BCUT2D eigenvalue weighted by Crippen LogP contribution is 2.33. The van der Waals surface area contributed by atoms with Crippen LogP contribution in [-0.2, 0) is 4.79 Å². The quantitative estimate of drug-likeness (QED) is 0.773. The SMILES string of the molecule is O=C1CCCC1Sc1ccc(F)cc1F. The molecule has 0 heterocycles. The van der Waals surface area contributed by atoms with Crippen molar-refractivity contribution >= 4 is 17.5 Å². The second-order valence-electron chi connectivity index (χ2n) is 3.54. The van der Waals surface area contributed by atoms with E-state index < -0.39 is 11.6 Å². The summed E-state index contributed by atoms with van der Waals surface area (Å²) in [5.74, 6) is -1.00. The molecule has 0 aromatic heterocycles. The van der Waals surface area contributed by atoms with E-state index >= 15 is 0 Å². The van der Waals surface area contributed by atoms with E-state index in [1.807, 2.05) is 0 Å². The average Bonchev–Trinajstić information content (AvgIpc) is 2.57. The van der Waals surface area contributed by atoms with Gasteiger partial charge < -0.3 is 0 Å². The summed E-state index contributed by atoms with van der Waals surface area (Å²) in [5, 5.41) is -0.148. The molecule has 0 spiro atoms. The van der Waals surface area contributed by atoms with Crippen LogP contribution in [0.5, 0.6) is 0 Å². The smallest absolute Gasteiger partial charge is 0.146 e. The van der Waals surface area contributed by atoms with E-state index in [1.54, 1.807) is 0 Å². The van der Waals surface area contributed by atoms with Gasteiger partial charge in [-0.05, 0) is 25.0 Å². The summed E-state index contributed by atoms with van der Waals surface area (Å²) >= 11 is 1.20. The minimum Gasteiger partial charge on any atom is -0.298 e. The minimum absolute atomic E-state index is 0.148. The van der Waals surface area contributed by atoms with Crippen LogP contribution >= 0.6 is 11.8 Å². The molecule has 80 valence electrons. The fourth-order valence-corrected chi connectivity index (χ4v) is 2.79. The predicted molar refractivity (Wildman–Crippen MR) is 54.9 cm³/mol. The third-order valence-electron chi connectivity index (χ3n) is 2.41. The molecule has 0 bridgehead atoms. The number of thioether (sulfide) groups is 1. The minimum atomic E-state index is -0.588. The zero-order valence-corrected chi connectivity index (χ0v) is 8.82. The lowest BCUT2D eigenvalue weighted by molar-refractivity contribution is -0.116. The molecule has 0 amide bonds. The molecule has 0 saturated heterocycles. The standard InChI is InChI=1S/C11H10F2OS/c12-7-4-5-10(8(13)6-7)15-11-3-1-2-9(11)14/h4-6,11H,1-3H2. The number of carbonyl (C=O) groups is 1. The Morgan fingerprint density at radius 1 is 1.33 bits per heavy atom. The zero-order chi connectivity index (χ0) is 10.8. The first kappa shape index (κ1) is 10.6. The van der Waals surface area contributed by atoms with Crippen LogP contribution in [0.3, 0.4) is 0 Å². The Balaban J connectivity index is 2.13. The van der Waals surface area contributed by atoms with E-state index in [-0.39, 0.29) is 11.0 Å². The van der Waals surface area contributed by atoms with Gasteiger partial charge in [0.25, 0.3) is 0 Å². The number of benzene rings is 1. The topological polar surface area (TPSA) is 17.1 Å². The third kappa shape index (κ3) is 2.37. The number of ketones is 1. The van der Waals surface area contributed by atoms with E-state index in [9.17, 15) is 13.6 Å². The van der Waals surface area contributed by atoms with Gasteiger partial charge in [-0.1, -0.05) is 0 Å². The monoisotopic (exact) mass is 228 g/mol. The van der Waals surface area contributed by atoms with E-state index in [1.165, 1.54) is 23.9 Å². The highest BCUT2D eigenvalue weighted by atomic mass is 32.2. The lowest BCUT2D eigenvalue weighted by Crippen LogP contribution is -2.08. The zero-order valence-electron chi connectivity index (χ0n) is 8.00. The van der Waals surface area contributed by atoms with Crippen LogP contribution in [0.2, 0.25) is 0 Å². The number of rotatable bonds is 2. The van der Waals surface area contributed by atoms with E-state index in [0.29, 0.717) is 11.3 Å². The Labute approximate surface area is 90.9 Å². The molecular formula is C11H10F2OS. The Kier molecular flexibility index (Phi) is 3.05. The van der Waals surface area contributed by atoms with E-state index in [2.05, 4.69) is 0 Å². The Morgan fingerprint density at radius 2 is 2.13 bits per heavy atom. The molecule has 4 heteroatoms. The molecule has 0 N–H and O–H groups in total. The first-order chi connectivity index (χ1) is 7.16. The maximum Gasteiger partial charge on any atom is 0.146 e. The lowest BCUT2D eigenvalue weighted by atomic mass is 10.3. The van der Waals surface area contributed by atoms with Crippen LogP contribution < -0.4 is 0 Å². The summed E-state index contributed by atoms with van der Waals surface area (Å²) in [4.78, 5) is 11.7. The normalized spacial score (nSPS) is 20.9. The average molecular weight is 228 g/mol. The fraction of sp³-hybridized carbons (Fsp3) is 0.364. The summed E-state index contributed by atoms with van der Waals surface area (Å²) < 4.78 is 25.9. The van der Waals surface area contributed by atoms with Crippen molar-refractivity contribution in [2.75, 3.05) is 0 Å². The van der Waals surface area contributed by atoms with Crippen molar-refractivity contribution in [1.82, 2.24) is 0 Å². The second kappa shape index (κ2) is 4.31. The molecule has 1 aromatic rings. The highest BCUT2D eigenvalue weighted by Gasteiger charge is 2.26. The number of hydrogen-bond donors (Lipinski definition) is 0. The number of hydrogen-bond acceptors (Lipinski definition) is 2. The Hall–Kier alpha value is -0.900. The van der Waals surface area contributed by atoms with Crippen LogP contribution in [-0.4, -0.2) is 11.0 Å².